The molecule has 0 unspecified atom stereocenters. The molecule has 2 heterocycles. The van der Waals surface area contributed by atoms with Gasteiger partial charge in [-0.2, -0.15) is 0 Å². The highest BCUT2D eigenvalue weighted by atomic mass is 16.5. The monoisotopic (exact) mass is 361 g/mol. The highest BCUT2D eigenvalue weighted by Crippen LogP contribution is 2.41. The average molecular weight is 361 g/mol. The predicted molar refractivity (Wildman–Crippen MR) is 97.2 cm³/mol. The van der Waals surface area contributed by atoms with E-state index in [0.29, 0.717) is 28.5 Å². The van der Waals surface area contributed by atoms with Gasteiger partial charge in [-0.3, -0.25) is 0 Å². The van der Waals surface area contributed by atoms with Crippen LogP contribution in [0.3, 0.4) is 0 Å². The van der Waals surface area contributed by atoms with Crippen LogP contribution >= 0.6 is 0 Å². The Morgan fingerprint density at radius 3 is 2.46 bits per heavy atom. The van der Waals surface area contributed by atoms with Crippen molar-refractivity contribution < 1.29 is 28.5 Å². The minimum Gasteiger partial charge on any atom is -0.495 e. The molecule has 0 radical (unpaired) electrons. The van der Waals surface area contributed by atoms with Gasteiger partial charge in [0, 0.05) is 12.5 Å². The van der Waals surface area contributed by atoms with E-state index in [1.807, 2.05) is 6.07 Å². The predicted octanol–water partition coefficient (Wildman–Crippen LogP) is 3.16. The summed E-state index contributed by atoms with van der Waals surface area (Å²) in [6.07, 6.45) is 0.745. The number of nitrogens with zero attached hydrogens (tertiary/aromatic N) is 1. The maximum atomic E-state index is 10.3. The summed E-state index contributed by atoms with van der Waals surface area (Å²) in [5.74, 6) is 1.57. The number of rotatable bonds is 7. The lowest BCUT2D eigenvalue weighted by atomic mass is 10.0. The molecule has 7 heteroatoms. The van der Waals surface area contributed by atoms with Gasteiger partial charge in [0.05, 0.1) is 31.5 Å². The van der Waals surface area contributed by atoms with Crippen LogP contribution in [0.4, 0.5) is 0 Å². The summed E-state index contributed by atoms with van der Waals surface area (Å²) in [7, 11) is 4.68. The number of pyridine rings is 1. The number of benzene rings is 1. The molecule has 140 valence electrons. The molecule has 1 atom stereocenters. The van der Waals surface area contributed by atoms with Gasteiger partial charge in [0.15, 0.2) is 11.5 Å². The minimum absolute atomic E-state index is 0.0445. The third-order valence-corrected chi connectivity index (χ3v) is 4.58. The summed E-state index contributed by atoms with van der Waals surface area (Å²) in [6.45, 7) is 3.63. The number of aliphatic hydroxyl groups excluding tert-OH is 1. The van der Waals surface area contributed by atoms with E-state index in [4.69, 9.17) is 23.4 Å². The minimum atomic E-state index is -0.817. The van der Waals surface area contributed by atoms with Gasteiger partial charge in [-0.25, -0.2) is 4.98 Å². The topological polar surface area (TPSA) is 83.2 Å². The first-order valence-corrected chi connectivity index (χ1v) is 8.20. The largest absolute Gasteiger partial charge is 0.495 e. The maximum absolute atomic E-state index is 10.3. The number of aromatic nitrogens is 1. The molecule has 0 aliphatic rings. The van der Waals surface area contributed by atoms with Crippen molar-refractivity contribution in [3.05, 3.63) is 24.5 Å². The average Bonchev–Trinajstić information content (AvgIpc) is 3.11. The lowest BCUT2D eigenvalue weighted by molar-refractivity contribution is -0.0916. The van der Waals surface area contributed by atoms with Crippen molar-refractivity contribution in [1.82, 2.24) is 4.98 Å². The standard InChI is InChI=1S/C19H23NO6/c1-19(2,24-5)14(21)10-26-13-7-6-11-15(17(13)23-4)20-18-12(8-9-25-18)16(11)22-3/h6-9,14,21H,10H2,1-5H3/t14-/m1/s1. The zero-order valence-corrected chi connectivity index (χ0v) is 15.5. The molecule has 0 spiro atoms. The van der Waals surface area contributed by atoms with E-state index in [0.717, 1.165) is 10.8 Å². The van der Waals surface area contributed by atoms with Gasteiger partial charge < -0.3 is 28.5 Å². The van der Waals surface area contributed by atoms with Crippen LogP contribution in [0.5, 0.6) is 17.2 Å². The molecule has 2 aromatic heterocycles. The molecule has 0 amide bonds. The molecule has 3 aromatic rings. The molecular weight excluding hydrogens is 338 g/mol. The van der Waals surface area contributed by atoms with Crippen molar-refractivity contribution in [2.45, 2.75) is 25.6 Å². The third-order valence-electron chi connectivity index (χ3n) is 4.58. The van der Waals surface area contributed by atoms with Gasteiger partial charge in [0.1, 0.15) is 24.0 Å². The highest BCUT2D eigenvalue weighted by molar-refractivity contribution is 6.02. The fourth-order valence-corrected chi connectivity index (χ4v) is 2.69. The van der Waals surface area contributed by atoms with Crippen LogP contribution in [0.25, 0.3) is 22.0 Å². The Labute approximate surface area is 151 Å². The Morgan fingerprint density at radius 2 is 1.81 bits per heavy atom. The molecule has 1 aromatic carbocycles. The fourth-order valence-electron chi connectivity index (χ4n) is 2.69. The second-order valence-corrected chi connectivity index (χ2v) is 6.41. The first-order chi connectivity index (χ1) is 12.4. The van der Waals surface area contributed by atoms with Gasteiger partial charge in [0.25, 0.3) is 0 Å². The number of ether oxygens (including phenoxy) is 4. The maximum Gasteiger partial charge on any atom is 0.230 e. The summed E-state index contributed by atoms with van der Waals surface area (Å²) in [5, 5.41) is 11.8. The van der Waals surface area contributed by atoms with E-state index in [9.17, 15) is 5.11 Å². The van der Waals surface area contributed by atoms with Crippen molar-refractivity contribution >= 4 is 22.0 Å². The summed E-state index contributed by atoms with van der Waals surface area (Å²) in [5.41, 5.74) is 0.279. The number of hydrogen-bond acceptors (Lipinski definition) is 7. The molecule has 0 aliphatic heterocycles. The normalized spacial score (nSPS) is 13.2. The summed E-state index contributed by atoms with van der Waals surface area (Å²) in [4.78, 5) is 4.53. The SMILES string of the molecule is COc1c2ccoc2nc2c(OC)c(OC[C@@H](O)C(C)(C)OC)ccc12. The Balaban J connectivity index is 2.03. The van der Waals surface area contributed by atoms with E-state index >= 15 is 0 Å². The van der Waals surface area contributed by atoms with Crippen molar-refractivity contribution in [2.24, 2.45) is 0 Å². The molecule has 0 saturated carbocycles. The molecule has 0 aliphatic carbocycles. The molecule has 3 rings (SSSR count). The van der Waals surface area contributed by atoms with Gasteiger partial charge in [-0.05, 0) is 32.0 Å². The number of methoxy groups -OCH3 is 3. The molecule has 0 bridgehead atoms. The van der Waals surface area contributed by atoms with Crippen molar-refractivity contribution in [2.75, 3.05) is 27.9 Å². The summed E-state index contributed by atoms with van der Waals surface area (Å²) >= 11 is 0. The van der Waals surface area contributed by atoms with E-state index < -0.39 is 11.7 Å². The second-order valence-electron chi connectivity index (χ2n) is 6.41. The Bertz CT molecular complexity index is 917. The van der Waals surface area contributed by atoms with E-state index in [1.165, 1.54) is 7.11 Å². The highest BCUT2D eigenvalue weighted by Gasteiger charge is 2.28. The lowest BCUT2D eigenvalue weighted by Crippen LogP contribution is -2.42. The van der Waals surface area contributed by atoms with Gasteiger partial charge in [0.2, 0.25) is 5.71 Å². The zero-order valence-electron chi connectivity index (χ0n) is 15.5. The number of furan rings is 1. The Hall–Kier alpha value is -2.51. The Morgan fingerprint density at radius 1 is 1.08 bits per heavy atom. The second kappa shape index (κ2) is 7.01. The van der Waals surface area contributed by atoms with E-state index in [-0.39, 0.29) is 6.61 Å². The van der Waals surface area contributed by atoms with E-state index in [2.05, 4.69) is 4.98 Å². The Kier molecular flexibility index (Phi) is 4.93. The smallest absolute Gasteiger partial charge is 0.230 e. The van der Waals surface area contributed by atoms with Gasteiger partial charge >= 0.3 is 0 Å². The third kappa shape index (κ3) is 3.04. The van der Waals surface area contributed by atoms with Gasteiger partial charge in [-0.1, -0.05) is 0 Å². The summed E-state index contributed by atoms with van der Waals surface area (Å²) < 4.78 is 27.6. The quantitative estimate of drug-likeness (QED) is 0.692. The number of hydrogen-bond donors (Lipinski definition) is 1. The number of aliphatic hydroxyl groups is 1. The van der Waals surface area contributed by atoms with E-state index in [1.54, 1.807) is 46.5 Å². The molecule has 0 fully saturated rings. The van der Waals surface area contributed by atoms with Crippen LogP contribution in [0, 0.1) is 0 Å². The van der Waals surface area contributed by atoms with Crippen LogP contribution in [0.15, 0.2) is 28.9 Å². The van der Waals surface area contributed by atoms with Crippen LogP contribution in [-0.4, -0.2) is 49.7 Å². The first-order valence-electron chi connectivity index (χ1n) is 8.20. The molecule has 7 nitrogen and oxygen atoms in total. The van der Waals surface area contributed by atoms with Crippen molar-refractivity contribution in [1.29, 1.82) is 0 Å². The summed E-state index contributed by atoms with van der Waals surface area (Å²) in [6, 6.07) is 5.42. The van der Waals surface area contributed by atoms with Crippen LogP contribution in [0.1, 0.15) is 13.8 Å². The first kappa shape index (κ1) is 18.3. The fraction of sp³-hybridized carbons (Fsp3) is 0.421. The van der Waals surface area contributed by atoms with Crippen LogP contribution < -0.4 is 14.2 Å². The van der Waals surface area contributed by atoms with Gasteiger partial charge in [-0.15, -0.1) is 0 Å². The molecule has 1 N–H and O–H groups in total. The lowest BCUT2D eigenvalue weighted by Gasteiger charge is -2.29. The van der Waals surface area contributed by atoms with Crippen molar-refractivity contribution in [3.8, 4) is 17.2 Å². The van der Waals surface area contributed by atoms with Crippen molar-refractivity contribution in [3.63, 3.8) is 0 Å². The van der Waals surface area contributed by atoms with Crippen LogP contribution in [0.2, 0.25) is 0 Å². The van der Waals surface area contributed by atoms with Crippen LogP contribution in [-0.2, 0) is 4.74 Å². The zero-order chi connectivity index (χ0) is 18.9. The molecule has 26 heavy (non-hydrogen) atoms. The molecular formula is C19H23NO6. The number of fused-ring (bicyclic) bond motifs is 2. The molecule has 0 saturated heterocycles.